The van der Waals surface area contributed by atoms with E-state index in [1.807, 2.05) is 25.1 Å². The molecule has 0 amide bonds. The summed E-state index contributed by atoms with van der Waals surface area (Å²) in [4.78, 5) is 8.34. The minimum absolute atomic E-state index is 0.401. The molecule has 0 radical (unpaired) electrons. The van der Waals surface area contributed by atoms with Gasteiger partial charge in [0, 0.05) is 17.6 Å². The van der Waals surface area contributed by atoms with Gasteiger partial charge in [0.15, 0.2) is 0 Å². The molecule has 15 heavy (non-hydrogen) atoms. The van der Waals surface area contributed by atoms with Crippen LogP contribution in [-0.4, -0.2) is 23.7 Å². The standard InChI is InChI=1S/C11H12N2O2/c1-3-15-11-12-7-8-4-5-9(14-2)6-10(8)13-11/h4-7H,3H2,1-2H3. The smallest absolute Gasteiger partial charge is 0.316 e. The SMILES string of the molecule is CCOc1ncc2ccc(OC)cc2n1. The van der Waals surface area contributed by atoms with Gasteiger partial charge in [-0.25, -0.2) is 4.98 Å². The average molecular weight is 204 g/mol. The molecule has 78 valence electrons. The maximum Gasteiger partial charge on any atom is 0.316 e. The zero-order chi connectivity index (χ0) is 10.7. The van der Waals surface area contributed by atoms with Crippen LogP contribution in [0, 0.1) is 0 Å². The third-order valence-electron chi connectivity index (χ3n) is 2.04. The summed E-state index contributed by atoms with van der Waals surface area (Å²) in [5, 5.41) is 0.972. The van der Waals surface area contributed by atoms with E-state index in [1.54, 1.807) is 13.3 Å². The molecular formula is C11H12N2O2. The number of aromatic nitrogens is 2. The Labute approximate surface area is 87.9 Å². The molecule has 0 saturated heterocycles. The molecule has 0 aliphatic heterocycles. The van der Waals surface area contributed by atoms with Crippen LogP contribution in [0.15, 0.2) is 24.4 Å². The zero-order valence-electron chi connectivity index (χ0n) is 8.73. The summed E-state index contributed by atoms with van der Waals surface area (Å²) in [6, 6.07) is 6.06. The van der Waals surface area contributed by atoms with E-state index >= 15 is 0 Å². The Bertz CT molecular complexity index is 471. The first-order chi connectivity index (χ1) is 7.33. The second-order valence-electron chi connectivity index (χ2n) is 3.01. The van der Waals surface area contributed by atoms with Crippen LogP contribution in [0.1, 0.15) is 6.92 Å². The molecule has 0 fully saturated rings. The Hall–Kier alpha value is -1.84. The van der Waals surface area contributed by atoms with Crippen molar-refractivity contribution in [2.75, 3.05) is 13.7 Å². The molecule has 0 N–H and O–H groups in total. The van der Waals surface area contributed by atoms with E-state index in [0.717, 1.165) is 16.7 Å². The molecule has 0 aliphatic rings. The predicted molar refractivity (Wildman–Crippen MR) is 57.3 cm³/mol. The maximum atomic E-state index is 5.22. The van der Waals surface area contributed by atoms with E-state index < -0.39 is 0 Å². The van der Waals surface area contributed by atoms with Crippen molar-refractivity contribution in [3.63, 3.8) is 0 Å². The molecule has 4 nitrogen and oxygen atoms in total. The summed E-state index contributed by atoms with van der Waals surface area (Å²) in [5.41, 5.74) is 0.827. The number of nitrogens with zero attached hydrogens (tertiary/aromatic N) is 2. The number of hydrogen-bond donors (Lipinski definition) is 0. The molecule has 2 rings (SSSR count). The van der Waals surface area contributed by atoms with Gasteiger partial charge >= 0.3 is 6.01 Å². The van der Waals surface area contributed by atoms with Gasteiger partial charge in [0.25, 0.3) is 0 Å². The second-order valence-corrected chi connectivity index (χ2v) is 3.01. The summed E-state index contributed by atoms with van der Waals surface area (Å²) in [6.07, 6.45) is 1.74. The van der Waals surface area contributed by atoms with Crippen LogP contribution in [0.3, 0.4) is 0 Å². The lowest BCUT2D eigenvalue weighted by Crippen LogP contribution is -1.97. The van der Waals surface area contributed by atoms with Gasteiger partial charge in [0.1, 0.15) is 5.75 Å². The molecule has 1 heterocycles. The monoisotopic (exact) mass is 204 g/mol. The third-order valence-corrected chi connectivity index (χ3v) is 2.04. The molecule has 0 bridgehead atoms. The first-order valence-corrected chi connectivity index (χ1v) is 4.77. The molecular weight excluding hydrogens is 192 g/mol. The van der Waals surface area contributed by atoms with Gasteiger partial charge in [0.05, 0.1) is 19.2 Å². The van der Waals surface area contributed by atoms with Crippen LogP contribution in [0.25, 0.3) is 10.9 Å². The number of fused-ring (bicyclic) bond motifs is 1. The minimum atomic E-state index is 0.401. The van der Waals surface area contributed by atoms with Crippen LogP contribution in [0.4, 0.5) is 0 Å². The van der Waals surface area contributed by atoms with Crippen LogP contribution in [0.5, 0.6) is 11.8 Å². The van der Waals surface area contributed by atoms with E-state index in [0.29, 0.717) is 12.6 Å². The van der Waals surface area contributed by atoms with E-state index in [1.165, 1.54) is 0 Å². The Morgan fingerprint density at radius 3 is 2.93 bits per heavy atom. The first kappa shape index (κ1) is 9.71. The molecule has 4 heteroatoms. The van der Waals surface area contributed by atoms with E-state index in [4.69, 9.17) is 9.47 Å². The molecule has 0 unspecified atom stereocenters. The lowest BCUT2D eigenvalue weighted by molar-refractivity contribution is 0.314. The number of methoxy groups -OCH3 is 1. The Kier molecular flexibility index (Phi) is 2.67. The molecule has 1 aromatic heterocycles. The van der Waals surface area contributed by atoms with Gasteiger partial charge in [-0.15, -0.1) is 0 Å². The zero-order valence-corrected chi connectivity index (χ0v) is 8.73. The summed E-state index contributed by atoms with van der Waals surface area (Å²) < 4.78 is 10.3. The van der Waals surface area contributed by atoms with Crippen molar-refractivity contribution in [3.05, 3.63) is 24.4 Å². The second kappa shape index (κ2) is 4.13. The Morgan fingerprint density at radius 2 is 2.20 bits per heavy atom. The largest absolute Gasteiger partial charge is 0.497 e. The van der Waals surface area contributed by atoms with Crippen LogP contribution < -0.4 is 9.47 Å². The van der Waals surface area contributed by atoms with E-state index in [9.17, 15) is 0 Å². The molecule has 0 atom stereocenters. The van der Waals surface area contributed by atoms with E-state index in [2.05, 4.69) is 9.97 Å². The van der Waals surface area contributed by atoms with Gasteiger partial charge in [-0.2, -0.15) is 4.98 Å². The fraction of sp³-hybridized carbons (Fsp3) is 0.273. The van der Waals surface area contributed by atoms with Crippen molar-refractivity contribution in [1.29, 1.82) is 0 Å². The topological polar surface area (TPSA) is 44.2 Å². The van der Waals surface area contributed by atoms with Crippen molar-refractivity contribution < 1.29 is 9.47 Å². The number of hydrogen-bond acceptors (Lipinski definition) is 4. The highest BCUT2D eigenvalue weighted by molar-refractivity contribution is 5.79. The highest BCUT2D eigenvalue weighted by atomic mass is 16.5. The number of rotatable bonds is 3. The molecule has 2 aromatic rings. The molecule has 0 aliphatic carbocycles. The normalized spacial score (nSPS) is 10.3. The predicted octanol–water partition coefficient (Wildman–Crippen LogP) is 2.04. The third kappa shape index (κ3) is 1.98. The van der Waals surface area contributed by atoms with Gasteiger partial charge in [-0.1, -0.05) is 0 Å². The Balaban J connectivity index is 2.48. The average Bonchev–Trinajstić information content (AvgIpc) is 2.28. The summed E-state index contributed by atoms with van der Waals surface area (Å²) in [5.74, 6) is 0.781. The highest BCUT2D eigenvalue weighted by Crippen LogP contribution is 2.19. The summed E-state index contributed by atoms with van der Waals surface area (Å²) >= 11 is 0. The van der Waals surface area contributed by atoms with Crippen molar-refractivity contribution >= 4 is 10.9 Å². The number of ether oxygens (including phenoxy) is 2. The van der Waals surface area contributed by atoms with Crippen molar-refractivity contribution in [3.8, 4) is 11.8 Å². The molecule has 1 aromatic carbocycles. The van der Waals surface area contributed by atoms with Gasteiger partial charge in [0.2, 0.25) is 0 Å². The fourth-order valence-corrected chi connectivity index (χ4v) is 1.31. The van der Waals surface area contributed by atoms with Crippen LogP contribution in [-0.2, 0) is 0 Å². The lowest BCUT2D eigenvalue weighted by Gasteiger charge is -2.03. The van der Waals surface area contributed by atoms with Crippen molar-refractivity contribution in [1.82, 2.24) is 9.97 Å². The van der Waals surface area contributed by atoms with Gasteiger partial charge < -0.3 is 9.47 Å². The van der Waals surface area contributed by atoms with Crippen molar-refractivity contribution in [2.45, 2.75) is 6.92 Å². The summed E-state index contributed by atoms with van der Waals surface area (Å²) in [6.45, 7) is 2.47. The van der Waals surface area contributed by atoms with Crippen molar-refractivity contribution in [2.24, 2.45) is 0 Å². The Morgan fingerprint density at radius 1 is 1.33 bits per heavy atom. The maximum absolute atomic E-state index is 5.22. The van der Waals surface area contributed by atoms with Gasteiger partial charge in [-0.05, 0) is 19.1 Å². The first-order valence-electron chi connectivity index (χ1n) is 4.77. The van der Waals surface area contributed by atoms with Crippen LogP contribution >= 0.6 is 0 Å². The fourth-order valence-electron chi connectivity index (χ4n) is 1.31. The molecule has 0 saturated carbocycles. The minimum Gasteiger partial charge on any atom is -0.497 e. The summed E-state index contributed by atoms with van der Waals surface area (Å²) in [7, 11) is 1.63. The lowest BCUT2D eigenvalue weighted by atomic mass is 10.2. The molecule has 0 spiro atoms. The van der Waals surface area contributed by atoms with E-state index in [-0.39, 0.29) is 0 Å². The quantitative estimate of drug-likeness (QED) is 0.767. The highest BCUT2D eigenvalue weighted by Gasteiger charge is 2.01. The van der Waals surface area contributed by atoms with Gasteiger partial charge in [-0.3, -0.25) is 0 Å². The number of benzene rings is 1. The van der Waals surface area contributed by atoms with Crippen LogP contribution in [0.2, 0.25) is 0 Å².